The molecule has 0 aliphatic carbocycles. The van der Waals surface area contributed by atoms with E-state index in [1.54, 1.807) is 6.07 Å². The number of oxazole rings is 1. The number of thiocarbonyl (C=S) groups is 1. The van der Waals surface area contributed by atoms with Gasteiger partial charge in [0.05, 0.1) is 0 Å². The number of rotatable bonds is 5. The molecule has 5 aromatic rings. The van der Waals surface area contributed by atoms with E-state index in [9.17, 15) is 4.79 Å². The molecule has 0 radical (unpaired) electrons. The minimum Gasteiger partial charge on any atom is -0.484 e. The zero-order valence-corrected chi connectivity index (χ0v) is 22.7. The lowest BCUT2D eigenvalue weighted by atomic mass is 9.87. The molecule has 1 amide bonds. The van der Waals surface area contributed by atoms with Crippen LogP contribution in [0.5, 0.6) is 5.75 Å². The van der Waals surface area contributed by atoms with Crippen LogP contribution in [-0.2, 0) is 10.2 Å². The van der Waals surface area contributed by atoms with Crippen LogP contribution in [0.4, 0.5) is 5.69 Å². The molecular formula is C30H26ClN3O3S. The fourth-order valence-corrected chi connectivity index (χ4v) is 4.57. The number of nitrogens with zero attached hydrogens (tertiary/aromatic N) is 1. The Balaban J connectivity index is 1.22. The predicted molar refractivity (Wildman–Crippen MR) is 157 cm³/mol. The molecule has 0 bridgehead atoms. The van der Waals surface area contributed by atoms with Crippen molar-refractivity contribution in [1.82, 2.24) is 10.3 Å². The van der Waals surface area contributed by atoms with E-state index < -0.39 is 0 Å². The van der Waals surface area contributed by atoms with E-state index >= 15 is 0 Å². The van der Waals surface area contributed by atoms with Crippen molar-refractivity contribution in [1.29, 1.82) is 0 Å². The Labute approximate surface area is 231 Å². The second-order valence-corrected chi connectivity index (χ2v) is 10.7. The first kappa shape index (κ1) is 25.7. The van der Waals surface area contributed by atoms with Crippen LogP contribution in [0.15, 0.2) is 83.3 Å². The summed E-state index contributed by atoms with van der Waals surface area (Å²) in [6, 6.07) is 24.7. The maximum atomic E-state index is 12.3. The molecule has 192 valence electrons. The van der Waals surface area contributed by atoms with E-state index in [2.05, 4.69) is 36.4 Å². The van der Waals surface area contributed by atoms with Crippen LogP contribution in [0, 0.1) is 0 Å². The summed E-state index contributed by atoms with van der Waals surface area (Å²) >= 11 is 11.7. The molecule has 1 aromatic heterocycles. The number of carbonyl (C=O) groups excluding carboxylic acids is 1. The highest BCUT2D eigenvalue weighted by Crippen LogP contribution is 2.34. The van der Waals surface area contributed by atoms with Crippen LogP contribution >= 0.6 is 23.8 Å². The van der Waals surface area contributed by atoms with Gasteiger partial charge in [-0.3, -0.25) is 10.1 Å². The van der Waals surface area contributed by atoms with Gasteiger partial charge in [0.2, 0.25) is 5.89 Å². The predicted octanol–water partition coefficient (Wildman–Crippen LogP) is 7.49. The standard InChI is InChI=1S/C30H26ClN3O3S/c1-30(2,3)18-10-13-20(14-11-18)36-17-27(35)34-29(38)32-19-12-15-26-25(16-19)33-28(37-26)23-8-4-7-22-21(23)6-5-9-24(22)31/h4-16H,17H2,1-3H3,(H2,32,34,35,38). The van der Waals surface area contributed by atoms with Gasteiger partial charge in [0, 0.05) is 21.7 Å². The maximum Gasteiger partial charge on any atom is 0.264 e. The van der Waals surface area contributed by atoms with Gasteiger partial charge in [-0.1, -0.05) is 68.8 Å². The number of nitrogens with one attached hydrogen (secondary N) is 2. The third-order valence-corrected chi connectivity index (χ3v) is 6.62. The van der Waals surface area contributed by atoms with E-state index in [0.717, 1.165) is 16.3 Å². The van der Waals surface area contributed by atoms with Crippen LogP contribution in [0.25, 0.3) is 33.3 Å². The molecule has 38 heavy (non-hydrogen) atoms. The van der Waals surface area contributed by atoms with Gasteiger partial charge in [-0.25, -0.2) is 4.98 Å². The third kappa shape index (κ3) is 5.64. The van der Waals surface area contributed by atoms with Gasteiger partial charge >= 0.3 is 0 Å². The Hall–Kier alpha value is -3.94. The van der Waals surface area contributed by atoms with Crippen molar-refractivity contribution in [2.24, 2.45) is 0 Å². The topological polar surface area (TPSA) is 76.4 Å². The summed E-state index contributed by atoms with van der Waals surface area (Å²) in [4.78, 5) is 17.0. The van der Waals surface area contributed by atoms with Gasteiger partial charge < -0.3 is 14.5 Å². The maximum absolute atomic E-state index is 12.3. The zero-order valence-electron chi connectivity index (χ0n) is 21.2. The Morgan fingerprint density at radius 3 is 2.50 bits per heavy atom. The highest BCUT2D eigenvalue weighted by Gasteiger charge is 2.15. The summed E-state index contributed by atoms with van der Waals surface area (Å²) in [7, 11) is 0. The Bertz CT molecular complexity index is 1660. The first-order valence-electron chi connectivity index (χ1n) is 12.1. The number of hydrogen-bond donors (Lipinski definition) is 2. The van der Waals surface area contributed by atoms with E-state index in [1.807, 2.05) is 72.8 Å². The SMILES string of the molecule is CC(C)(C)c1ccc(OCC(=O)NC(=S)Nc2ccc3oc(-c4cccc5c(Cl)cccc45)nc3c2)cc1. The van der Waals surface area contributed by atoms with Gasteiger partial charge in [0.1, 0.15) is 11.3 Å². The Morgan fingerprint density at radius 1 is 1.00 bits per heavy atom. The molecule has 2 N–H and O–H groups in total. The summed E-state index contributed by atoms with van der Waals surface area (Å²) < 4.78 is 11.6. The first-order chi connectivity index (χ1) is 18.2. The summed E-state index contributed by atoms with van der Waals surface area (Å²) in [6.45, 7) is 6.28. The smallest absolute Gasteiger partial charge is 0.264 e. The van der Waals surface area contributed by atoms with E-state index in [-0.39, 0.29) is 23.0 Å². The van der Waals surface area contributed by atoms with E-state index in [4.69, 9.17) is 33.0 Å². The number of carbonyl (C=O) groups is 1. The number of fused-ring (bicyclic) bond motifs is 2. The quantitative estimate of drug-likeness (QED) is 0.224. The van der Waals surface area contributed by atoms with Gasteiger partial charge in [0.25, 0.3) is 5.91 Å². The molecule has 0 saturated heterocycles. The van der Waals surface area contributed by atoms with Gasteiger partial charge in [-0.15, -0.1) is 0 Å². The fourth-order valence-electron chi connectivity index (χ4n) is 4.10. The van der Waals surface area contributed by atoms with Crippen molar-refractivity contribution in [2.45, 2.75) is 26.2 Å². The average molecular weight is 544 g/mol. The normalized spacial score (nSPS) is 11.5. The van der Waals surface area contributed by atoms with Crippen LogP contribution in [0.3, 0.4) is 0 Å². The van der Waals surface area contributed by atoms with Crippen LogP contribution in [0.2, 0.25) is 5.02 Å². The summed E-state index contributed by atoms with van der Waals surface area (Å²) in [5.74, 6) is 0.753. The minimum atomic E-state index is -0.359. The summed E-state index contributed by atoms with van der Waals surface area (Å²) in [5, 5.41) is 8.38. The molecule has 0 aliphatic heterocycles. The lowest BCUT2D eigenvalue weighted by Crippen LogP contribution is -2.37. The number of amides is 1. The van der Waals surface area contributed by atoms with E-state index in [0.29, 0.717) is 33.4 Å². The molecule has 0 unspecified atom stereocenters. The van der Waals surface area contributed by atoms with Crippen molar-refractivity contribution in [3.05, 3.63) is 89.4 Å². The molecule has 4 aromatic carbocycles. The molecule has 5 rings (SSSR count). The largest absolute Gasteiger partial charge is 0.484 e. The molecule has 0 fully saturated rings. The molecule has 0 spiro atoms. The second kappa shape index (κ2) is 10.4. The number of anilines is 1. The average Bonchev–Trinajstić information content (AvgIpc) is 3.30. The monoisotopic (exact) mass is 543 g/mol. The summed E-state index contributed by atoms with van der Waals surface area (Å²) in [5.41, 5.74) is 4.05. The third-order valence-electron chi connectivity index (χ3n) is 6.09. The van der Waals surface area contributed by atoms with Crippen LogP contribution < -0.4 is 15.4 Å². The summed E-state index contributed by atoms with van der Waals surface area (Å²) in [6.07, 6.45) is 0. The molecule has 0 atom stereocenters. The van der Waals surface area contributed by atoms with Crippen molar-refractivity contribution in [2.75, 3.05) is 11.9 Å². The van der Waals surface area contributed by atoms with E-state index in [1.165, 1.54) is 5.56 Å². The number of benzene rings is 4. The molecule has 8 heteroatoms. The molecule has 0 saturated carbocycles. The van der Waals surface area contributed by atoms with Gasteiger partial charge in [-0.2, -0.15) is 0 Å². The van der Waals surface area contributed by atoms with Crippen molar-refractivity contribution < 1.29 is 13.9 Å². The Kier molecular flexibility index (Phi) is 7.06. The lowest BCUT2D eigenvalue weighted by molar-refractivity contribution is -0.121. The number of halogens is 1. The highest BCUT2D eigenvalue weighted by atomic mass is 35.5. The van der Waals surface area contributed by atoms with Crippen molar-refractivity contribution in [3.63, 3.8) is 0 Å². The molecule has 1 heterocycles. The molecule has 0 aliphatic rings. The molecule has 6 nitrogen and oxygen atoms in total. The van der Waals surface area contributed by atoms with Gasteiger partial charge in [-0.05, 0) is 71.0 Å². The molecular weight excluding hydrogens is 518 g/mol. The second-order valence-electron chi connectivity index (χ2n) is 9.91. The number of aromatic nitrogens is 1. The first-order valence-corrected chi connectivity index (χ1v) is 12.9. The minimum absolute atomic E-state index is 0.0501. The fraction of sp³-hybridized carbons (Fsp3) is 0.167. The lowest BCUT2D eigenvalue weighted by Gasteiger charge is -2.19. The van der Waals surface area contributed by atoms with Gasteiger partial charge in [0.15, 0.2) is 17.3 Å². The number of hydrogen-bond acceptors (Lipinski definition) is 5. The van der Waals surface area contributed by atoms with Crippen molar-refractivity contribution in [3.8, 4) is 17.2 Å². The zero-order chi connectivity index (χ0) is 26.9. The van der Waals surface area contributed by atoms with Crippen LogP contribution in [-0.4, -0.2) is 22.6 Å². The van der Waals surface area contributed by atoms with Crippen molar-refractivity contribution >= 4 is 62.4 Å². The van der Waals surface area contributed by atoms with Crippen LogP contribution in [0.1, 0.15) is 26.3 Å². The number of ether oxygens (including phenoxy) is 1. The highest BCUT2D eigenvalue weighted by molar-refractivity contribution is 7.80. The Morgan fingerprint density at radius 2 is 1.74 bits per heavy atom.